The number of amides is 2. The highest BCUT2D eigenvalue weighted by molar-refractivity contribution is 5.94. The number of benzene rings is 1. The van der Waals surface area contributed by atoms with Gasteiger partial charge in [-0.2, -0.15) is 13.2 Å². The van der Waals surface area contributed by atoms with E-state index >= 15 is 0 Å². The minimum absolute atomic E-state index is 0.0239. The number of hydrogen-bond acceptors (Lipinski definition) is 7. The third kappa shape index (κ3) is 7.07. The van der Waals surface area contributed by atoms with Gasteiger partial charge in [-0.15, -0.1) is 0 Å². The lowest BCUT2D eigenvalue weighted by atomic mass is 10.0. The molecule has 3 aromatic rings. The molecule has 1 saturated carbocycles. The van der Waals surface area contributed by atoms with Crippen molar-refractivity contribution in [1.29, 1.82) is 0 Å². The van der Waals surface area contributed by atoms with Gasteiger partial charge in [0.25, 0.3) is 5.91 Å². The summed E-state index contributed by atoms with van der Waals surface area (Å²) in [5.74, 6) is 0.240. The molecule has 4 heterocycles. The number of hydrogen-bond donors (Lipinski definition) is 2. The lowest BCUT2D eigenvalue weighted by Crippen LogP contribution is -2.42. The normalized spacial score (nSPS) is 20.4. The van der Waals surface area contributed by atoms with Crippen LogP contribution >= 0.6 is 0 Å². The highest BCUT2D eigenvalue weighted by Gasteiger charge is 2.46. The van der Waals surface area contributed by atoms with Crippen LogP contribution in [0, 0.1) is 18.8 Å². The molecule has 3 atom stereocenters. The first-order valence-electron chi connectivity index (χ1n) is 14.3. The number of carbonyl (C=O) groups is 3. The van der Waals surface area contributed by atoms with E-state index in [9.17, 15) is 22.8 Å². The average Bonchev–Trinajstić information content (AvgIpc) is 3.30. The quantitative estimate of drug-likeness (QED) is 0.390. The second-order valence-corrected chi connectivity index (χ2v) is 11.3. The van der Waals surface area contributed by atoms with Gasteiger partial charge in [-0.3, -0.25) is 14.5 Å². The molecule has 1 aromatic carbocycles. The van der Waals surface area contributed by atoms with Crippen molar-refractivity contribution in [3.05, 3.63) is 71.7 Å². The fourth-order valence-electron chi connectivity index (χ4n) is 5.82. The molecule has 44 heavy (non-hydrogen) atoms. The van der Waals surface area contributed by atoms with Crippen LogP contribution in [0.25, 0.3) is 0 Å². The van der Waals surface area contributed by atoms with Gasteiger partial charge in [0.05, 0.1) is 12.7 Å². The second kappa shape index (κ2) is 12.7. The lowest BCUT2D eigenvalue weighted by molar-refractivity contribution is -0.192. The van der Waals surface area contributed by atoms with Gasteiger partial charge in [-0.25, -0.2) is 9.78 Å². The number of rotatable bonds is 8. The molecule has 14 heteroatoms. The molecule has 0 radical (unpaired) electrons. The van der Waals surface area contributed by atoms with Crippen LogP contribution in [-0.4, -0.2) is 81.7 Å². The maximum absolute atomic E-state index is 13.7. The molecular formula is C30H34F3N5O6. The zero-order valence-corrected chi connectivity index (χ0v) is 24.3. The number of ether oxygens (including phenoxy) is 1. The molecule has 2 aromatic heterocycles. The molecule has 236 valence electrons. The maximum atomic E-state index is 13.7. The number of alkyl halides is 3. The molecular weight excluding hydrogens is 583 g/mol. The first kappa shape index (κ1) is 31.1. The third-order valence-electron chi connectivity index (χ3n) is 8.14. The number of aromatic nitrogens is 2. The van der Waals surface area contributed by atoms with Crippen LogP contribution in [0.2, 0.25) is 0 Å². The van der Waals surface area contributed by atoms with E-state index in [-0.39, 0.29) is 11.8 Å². The Labute approximate surface area is 251 Å². The first-order valence-corrected chi connectivity index (χ1v) is 14.3. The number of aliphatic carboxylic acids is 1. The highest BCUT2D eigenvalue weighted by Crippen LogP contribution is 2.40. The number of carboxylic acids is 1. The first-order chi connectivity index (χ1) is 20.9. The van der Waals surface area contributed by atoms with E-state index in [2.05, 4.69) is 19.8 Å². The average molecular weight is 618 g/mol. The Morgan fingerprint density at radius 3 is 2.27 bits per heavy atom. The van der Waals surface area contributed by atoms with Gasteiger partial charge in [-0.05, 0) is 55.4 Å². The van der Waals surface area contributed by atoms with Crippen molar-refractivity contribution in [1.82, 2.24) is 24.7 Å². The molecule has 2 amide bonds. The SMILES string of the molecule is COc1ccc(CNC(=O)C(c2nccn2C2CC2)N2CC3CN(C(=O)c4coc(C)c4)CC3C2)cc1.O=C(O)C(F)(F)F. The minimum Gasteiger partial charge on any atom is -0.497 e. The molecule has 1 aliphatic carbocycles. The Hall–Kier alpha value is -4.33. The topological polar surface area (TPSA) is 130 Å². The van der Waals surface area contributed by atoms with Crippen LogP contribution < -0.4 is 10.1 Å². The Morgan fingerprint density at radius 1 is 1.11 bits per heavy atom. The third-order valence-corrected chi connectivity index (χ3v) is 8.14. The summed E-state index contributed by atoms with van der Waals surface area (Å²) in [4.78, 5) is 44.4. The summed E-state index contributed by atoms with van der Waals surface area (Å²) < 4.78 is 44.5. The lowest BCUT2D eigenvalue weighted by Gasteiger charge is -2.29. The number of imidazole rings is 1. The second-order valence-electron chi connectivity index (χ2n) is 11.3. The zero-order chi connectivity index (χ0) is 31.6. The summed E-state index contributed by atoms with van der Waals surface area (Å²) in [5, 5.41) is 10.3. The van der Waals surface area contributed by atoms with Crippen molar-refractivity contribution in [3.63, 3.8) is 0 Å². The summed E-state index contributed by atoms with van der Waals surface area (Å²) in [7, 11) is 1.64. The van der Waals surface area contributed by atoms with Crippen LogP contribution in [0.5, 0.6) is 5.75 Å². The highest BCUT2D eigenvalue weighted by atomic mass is 19.4. The van der Waals surface area contributed by atoms with Crippen LogP contribution in [-0.2, 0) is 16.1 Å². The van der Waals surface area contributed by atoms with Crippen LogP contribution in [0.1, 0.15) is 52.4 Å². The van der Waals surface area contributed by atoms with Crippen molar-refractivity contribution in [2.24, 2.45) is 11.8 Å². The van der Waals surface area contributed by atoms with Crippen LogP contribution in [0.15, 0.2) is 53.4 Å². The van der Waals surface area contributed by atoms with Gasteiger partial charge in [0, 0.05) is 51.2 Å². The standard InChI is InChI=1S/C28H33N5O4.C2HF3O2/c1-18-11-20(17-37-18)28(35)32-15-21-13-31(14-22(21)16-32)25(26-29-9-10-33(26)23-5-6-23)27(34)30-12-19-3-7-24(36-2)8-4-19;3-2(4,5)1(6)7/h3-4,7-11,17,21-23,25H,5-6,12-16H2,1-2H3,(H,30,34);(H,6,7). The number of methoxy groups -OCH3 is 1. The molecule has 2 saturated heterocycles. The van der Waals surface area contributed by atoms with Gasteiger partial charge < -0.3 is 29.0 Å². The predicted octanol–water partition coefficient (Wildman–Crippen LogP) is 3.82. The molecule has 6 rings (SSSR count). The number of nitrogens with one attached hydrogen (secondary N) is 1. The molecule has 2 N–H and O–H groups in total. The van der Waals surface area contributed by atoms with Crippen LogP contribution in [0.4, 0.5) is 13.2 Å². The summed E-state index contributed by atoms with van der Waals surface area (Å²) in [6, 6.07) is 9.50. The number of carbonyl (C=O) groups excluding carboxylic acids is 2. The van der Waals surface area contributed by atoms with Crippen molar-refractivity contribution in [2.45, 2.75) is 44.6 Å². The summed E-state index contributed by atoms with van der Waals surface area (Å²) in [6.45, 7) is 5.20. The van der Waals surface area contributed by atoms with Gasteiger partial charge in [0.1, 0.15) is 29.6 Å². The van der Waals surface area contributed by atoms with Crippen molar-refractivity contribution in [2.75, 3.05) is 33.3 Å². The van der Waals surface area contributed by atoms with E-state index in [4.69, 9.17) is 19.1 Å². The number of fused-ring (bicyclic) bond motifs is 1. The maximum Gasteiger partial charge on any atom is 0.490 e. The predicted molar refractivity (Wildman–Crippen MR) is 150 cm³/mol. The molecule has 0 bridgehead atoms. The fourth-order valence-corrected chi connectivity index (χ4v) is 5.82. The largest absolute Gasteiger partial charge is 0.497 e. The van der Waals surface area contributed by atoms with E-state index in [1.807, 2.05) is 48.5 Å². The van der Waals surface area contributed by atoms with Gasteiger partial charge in [-0.1, -0.05) is 12.1 Å². The number of aryl methyl sites for hydroxylation is 1. The Morgan fingerprint density at radius 2 is 1.75 bits per heavy atom. The van der Waals surface area contributed by atoms with Crippen molar-refractivity contribution < 1.29 is 41.8 Å². The zero-order valence-electron chi connectivity index (χ0n) is 24.3. The van der Waals surface area contributed by atoms with Gasteiger partial charge in [0.2, 0.25) is 5.91 Å². The molecule has 3 unspecified atom stereocenters. The Kier molecular flexibility index (Phi) is 9.00. The van der Waals surface area contributed by atoms with E-state index in [0.29, 0.717) is 43.1 Å². The van der Waals surface area contributed by atoms with Crippen molar-refractivity contribution in [3.8, 4) is 5.75 Å². The van der Waals surface area contributed by atoms with E-state index in [0.717, 1.165) is 48.8 Å². The summed E-state index contributed by atoms with van der Waals surface area (Å²) in [6.07, 6.45) is 2.51. The van der Waals surface area contributed by atoms with Crippen molar-refractivity contribution >= 4 is 17.8 Å². The number of carboxylic acid groups (broad SMARTS) is 1. The molecule has 0 spiro atoms. The number of furan rings is 1. The molecule has 11 nitrogen and oxygen atoms in total. The van der Waals surface area contributed by atoms with E-state index in [1.165, 1.54) is 0 Å². The number of likely N-dealkylation sites (tertiary alicyclic amines) is 2. The summed E-state index contributed by atoms with van der Waals surface area (Å²) in [5.41, 5.74) is 1.62. The number of nitrogens with zero attached hydrogens (tertiary/aromatic N) is 4. The molecule has 3 aliphatic rings. The minimum atomic E-state index is -5.08. The Balaban J connectivity index is 0.000000493. The van der Waals surface area contributed by atoms with Crippen LogP contribution in [0.3, 0.4) is 0 Å². The van der Waals surface area contributed by atoms with Gasteiger partial charge in [0.15, 0.2) is 0 Å². The fraction of sp³-hybridized carbons (Fsp3) is 0.467. The smallest absolute Gasteiger partial charge is 0.490 e. The van der Waals surface area contributed by atoms with Gasteiger partial charge >= 0.3 is 12.1 Å². The number of halogens is 3. The molecule has 3 fully saturated rings. The van der Waals surface area contributed by atoms with E-state index < -0.39 is 18.2 Å². The Bertz CT molecular complexity index is 1470. The van der Waals surface area contributed by atoms with E-state index in [1.54, 1.807) is 19.4 Å². The molecule has 2 aliphatic heterocycles. The summed E-state index contributed by atoms with van der Waals surface area (Å²) >= 11 is 0. The monoisotopic (exact) mass is 617 g/mol.